The van der Waals surface area contributed by atoms with E-state index < -0.39 is 0 Å². The Hall–Kier alpha value is -0.160. The number of piperazine rings is 1. The summed E-state index contributed by atoms with van der Waals surface area (Å²) in [7, 11) is 2.38. The van der Waals surface area contributed by atoms with Crippen LogP contribution in [0, 0.1) is 5.92 Å². The van der Waals surface area contributed by atoms with Crippen molar-refractivity contribution in [3.05, 3.63) is 0 Å². The molecule has 122 valence electrons. The molecule has 0 spiro atoms. The van der Waals surface area contributed by atoms with E-state index in [0.29, 0.717) is 0 Å². The van der Waals surface area contributed by atoms with Gasteiger partial charge in [0.2, 0.25) is 0 Å². The zero-order valence-corrected chi connectivity index (χ0v) is 13.8. The third kappa shape index (κ3) is 4.19. The van der Waals surface area contributed by atoms with Gasteiger partial charge in [0.25, 0.3) is 0 Å². The van der Waals surface area contributed by atoms with Gasteiger partial charge in [0.1, 0.15) is 0 Å². The Balaban J connectivity index is 1.55. The average Bonchev–Trinajstić information content (AvgIpc) is 2.57. The first-order chi connectivity index (χ1) is 10.3. The van der Waals surface area contributed by atoms with Gasteiger partial charge in [-0.1, -0.05) is 19.3 Å². The Morgan fingerprint density at radius 3 is 2.48 bits per heavy atom. The molecular weight excluding hydrogens is 260 g/mol. The van der Waals surface area contributed by atoms with Crippen molar-refractivity contribution in [2.45, 2.75) is 50.6 Å². The lowest BCUT2D eigenvalue weighted by Crippen LogP contribution is -2.58. The van der Waals surface area contributed by atoms with E-state index in [4.69, 9.17) is 0 Å². The molecule has 3 rings (SSSR count). The fraction of sp³-hybridized carbons (Fsp3) is 1.00. The molecular formula is C17H34N4. The number of rotatable bonds is 4. The van der Waals surface area contributed by atoms with E-state index in [9.17, 15) is 0 Å². The van der Waals surface area contributed by atoms with Crippen molar-refractivity contribution in [1.29, 1.82) is 0 Å². The zero-order valence-electron chi connectivity index (χ0n) is 13.8. The van der Waals surface area contributed by atoms with E-state index in [1.54, 1.807) is 0 Å². The first-order valence-corrected chi connectivity index (χ1v) is 9.20. The second-order valence-electron chi connectivity index (χ2n) is 7.34. The summed E-state index contributed by atoms with van der Waals surface area (Å²) in [6, 6.07) is 1.61. The van der Waals surface area contributed by atoms with Gasteiger partial charge in [0.05, 0.1) is 0 Å². The molecule has 0 aromatic carbocycles. The topological polar surface area (TPSA) is 30.5 Å². The number of hydrogen-bond donors (Lipinski definition) is 2. The Morgan fingerprint density at radius 2 is 1.71 bits per heavy atom. The largest absolute Gasteiger partial charge is 0.315 e. The van der Waals surface area contributed by atoms with E-state index in [1.807, 2.05) is 0 Å². The van der Waals surface area contributed by atoms with E-state index in [-0.39, 0.29) is 0 Å². The summed E-state index contributed by atoms with van der Waals surface area (Å²) in [4.78, 5) is 5.44. The smallest absolute Gasteiger partial charge is 0.0262 e. The quantitative estimate of drug-likeness (QED) is 0.814. The van der Waals surface area contributed by atoms with Gasteiger partial charge in [-0.25, -0.2) is 0 Å². The molecule has 21 heavy (non-hydrogen) atoms. The normalized spacial score (nSPS) is 33.4. The van der Waals surface area contributed by atoms with Gasteiger partial charge < -0.3 is 15.5 Å². The molecule has 2 aliphatic heterocycles. The monoisotopic (exact) mass is 294 g/mol. The van der Waals surface area contributed by atoms with E-state index in [2.05, 4.69) is 27.5 Å². The van der Waals surface area contributed by atoms with Crippen molar-refractivity contribution in [3.63, 3.8) is 0 Å². The molecule has 3 aliphatic rings. The number of nitrogens with one attached hydrogen (secondary N) is 2. The molecule has 4 nitrogen and oxygen atoms in total. The van der Waals surface area contributed by atoms with E-state index in [1.165, 1.54) is 84.3 Å². The summed E-state index contributed by atoms with van der Waals surface area (Å²) in [5.41, 5.74) is 0. The first kappa shape index (κ1) is 15.7. The average molecular weight is 294 g/mol. The highest BCUT2D eigenvalue weighted by Gasteiger charge is 2.32. The van der Waals surface area contributed by atoms with Gasteiger partial charge >= 0.3 is 0 Å². The lowest BCUT2D eigenvalue weighted by atomic mass is 9.88. The number of piperidine rings is 1. The van der Waals surface area contributed by atoms with Crippen molar-refractivity contribution < 1.29 is 0 Å². The minimum atomic E-state index is 0.756. The molecule has 2 heterocycles. The van der Waals surface area contributed by atoms with Crippen LogP contribution in [0.4, 0.5) is 0 Å². The van der Waals surface area contributed by atoms with Crippen molar-refractivity contribution >= 4 is 0 Å². The molecule has 3 fully saturated rings. The summed E-state index contributed by atoms with van der Waals surface area (Å²) >= 11 is 0. The van der Waals surface area contributed by atoms with E-state index >= 15 is 0 Å². The fourth-order valence-electron chi connectivity index (χ4n) is 4.59. The third-order valence-electron chi connectivity index (χ3n) is 5.93. The molecule has 1 saturated carbocycles. The summed E-state index contributed by atoms with van der Waals surface area (Å²) in [6.07, 6.45) is 8.57. The summed E-state index contributed by atoms with van der Waals surface area (Å²) in [5, 5.41) is 7.12. The van der Waals surface area contributed by atoms with Crippen LogP contribution in [0.5, 0.6) is 0 Å². The second-order valence-corrected chi connectivity index (χ2v) is 7.34. The standard InChI is InChI=1S/C17H34N4/c1-20(16-5-3-2-4-6-16)14-15-7-8-19-13-17(15)21-11-9-18-10-12-21/h15-19H,2-14H2,1H3. The maximum absolute atomic E-state index is 3.63. The van der Waals surface area contributed by atoms with Gasteiger partial charge in [-0.2, -0.15) is 0 Å². The third-order valence-corrected chi connectivity index (χ3v) is 5.93. The molecule has 0 bridgehead atoms. The van der Waals surface area contributed by atoms with Crippen molar-refractivity contribution in [1.82, 2.24) is 20.4 Å². The van der Waals surface area contributed by atoms with Crippen LogP contribution in [-0.2, 0) is 0 Å². The predicted octanol–water partition coefficient (Wildman–Crippen LogP) is 1.13. The van der Waals surface area contributed by atoms with Crippen LogP contribution in [0.2, 0.25) is 0 Å². The highest BCUT2D eigenvalue weighted by molar-refractivity contribution is 4.90. The van der Waals surface area contributed by atoms with Crippen molar-refractivity contribution in [3.8, 4) is 0 Å². The molecule has 2 atom stereocenters. The minimum Gasteiger partial charge on any atom is -0.315 e. The Kier molecular flexibility index (Phi) is 5.92. The Morgan fingerprint density at radius 1 is 0.952 bits per heavy atom. The highest BCUT2D eigenvalue weighted by Crippen LogP contribution is 2.25. The van der Waals surface area contributed by atoms with Crippen LogP contribution in [0.3, 0.4) is 0 Å². The van der Waals surface area contributed by atoms with E-state index in [0.717, 1.165) is 18.0 Å². The van der Waals surface area contributed by atoms with Crippen LogP contribution in [-0.4, -0.2) is 74.7 Å². The first-order valence-electron chi connectivity index (χ1n) is 9.20. The molecule has 4 heteroatoms. The molecule has 2 saturated heterocycles. The molecule has 0 aromatic rings. The predicted molar refractivity (Wildman–Crippen MR) is 88.7 cm³/mol. The van der Waals surface area contributed by atoms with Gasteiger partial charge in [0, 0.05) is 51.4 Å². The van der Waals surface area contributed by atoms with Crippen LogP contribution in [0.25, 0.3) is 0 Å². The van der Waals surface area contributed by atoms with Crippen LogP contribution in [0.15, 0.2) is 0 Å². The van der Waals surface area contributed by atoms with Crippen LogP contribution >= 0.6 is 0 Å². The van der Waals surface area contributed by atoms with Crippen LogP contribution < -0.4 is 10.6 Å². The molecule has 0 aromatic heterocycles. The number of nitrogens with zero attached hydrogens (tertiary/aromatic N) is 2. The molecule has 1 aliphatic carbocycles. The van der Waals surface area contributed by atoms with Gasteiger partial charge in [0.15, 0.2) is 0 Å². The van der Waals surface area contributed by atoms with Gasteiger partial charge in [-0.15, -0.1) is 0 Å². The summed E-state index contributed by atoms with van der Waals surface area (Å²) in [6.45, 7) is 8.52. The minimum absolute atomic E-state index is 0.756. The van der Waals surface area contributed by atoms with Crippen molar-refractivity contribution in [2.24, 2.45) is 5.92 Å². The molecule has 2 unspecified atom stereocenters. The second kappa shape index (κ2) is 7.91. The maximum Gasteiger partial charge on any atom is 0.0262 e. The fourth-order valence-corrected chi connectivity index (χ4v) is 4.59. The SMILES string of the molecule is CN(CC1CCNCC1N1CCNCC1)C1CCCCC1. The number of hydrogen-bond acceptors (Lipinski definition) is 4. The Labute approximate surface area is 130 Å². The van der Waals surface area contributed by atoms with Gasteiger partial charge in [-0.3, -0.25) is 4.90 Å². The lowest BCUT2D eigenvalue weighted by molar-refractivity contribution is 0.0668. The lowest BCUT2D eigenvalue weighted by Gasteiger charge is -2.44. The zero-order chi connectivity index (χ0) is 14.5. The Bertz CT molecular complexity index is 297. The highest BCUT2D eigenvalue weighted by atomic mass is 15.2. The van der Waals surface area contributed by atoms with Gasteiger partial charge in [-0.05, 0) is 38.8 Å². The van der Waals surface area contributed by atoms with Crippen LogP contribution in [0.1, 0.15) is 38.5 Å². The molecule has 2 N–H and O–H groups in total. The van der Waals surface area contributed by atoms with Crippen molar-refractivity contribution in [2.75, 3.05) is 52.9 Å². The summed E-state index contributed by atoms with van der Waals surface area (Å²) in [5.74, 6) is 0.858. The maximum atomic E-state index is 3.63. The molecule has 0 radical (unpaired) electrons. The summed E-state index contributed by atoms with van der Waals surface area (Å²) < 4.78 is 0. The molecule has 0 amide bonds.